The fourth-order valence-electron chi connectivity index (χ4n) is 3.06. The first-order valence-electron chi connectivity index (χ1n) is 8.54. The molecular formula is C19H21F3N2O2. The third kappa shape index (κ3) is 3.93. The lowest BCUT2D eigenvalue weighted by molar-refractivity contribution is -0.191. The van der Waals surface area contributed by atoms with Crippen LogP contribution in [0.15, 0.2) is 36.4 Å². The standard InChI is InChI=1S/C19H21F3N2O2/c1-12(2)11-26-16-5-3-4-13-10-14(6-7-15(13)16)18(19(20,21)22)24-9-8-17(25)23-24/h3-7,10,12,18H,8-9,11H2,1-2H3,(H,23,25). The molecule has 7 heteroatoms. The number of rotatable bonds is 5. The molecule has 0 aromatic heterocycles. The topological polar surface area (TPSA) is 41.6 Å². The molecule has 0 saturated carbocycles. The molecule has 2 aromatic carbocycles. The van der Waals surface area contributed by atoms with E-state index in [1.165, 1.54) is 12.1 Å². The van der Waals surface area contributed by atoms with Gasteiger partial charge in [-0.3, -0.25) is 10.2 Å². The van der Waals surface area contributed by atoms with E-state index in [-0.39, 0.29) is 18.5 Å². The number of nitrogens with one attached hydrogen (secondary N) is 1. The molecule has 140 valence electrons. The van der Waals surface area contributed by atoms with Crippen LogP contribution in [-0.2, 0) is 4.79 Å². The van der Waals surface area contributed by atoms with E-state index in [1.54, 1.807) is 18.2 Å². The smallest absolute Gasteiger partial charge is 0.409 e. The van der Waals surface area contributed by atoms with E-state index in [1.807, 2.05) is 19.9 Å². The van der Waals surface area contributed by atoms with Gasteiger partial charge in [0.05, 0.1) is 6.61 Å². The zero-order chi connectivity index (χ0) is 18.9. The summed E-state index contributed by atoms with van der Waals surface area (Å²) in [7, 11) is 0. The van der Waals surface area contributed by atoms with Gasteiger partial charge in [-0.2, -0.15) is 13.2 Å². The number of carbonyl (C=O) groups is 1. The molecule has 0 bridgehead atoms. The summed E-state index contributed by atoms with van der Waals surface area (Å²) in [6.07, 6.45) is -4.44. The predicted octanol–water partition coefficient (Wildman–Crippen LogP) is 4.21. The molecule has 1 fully saturated rings. The number of benzene rings is 2. The third-order valence-corrected chi connectivity index (χ3v) is 4.22. The summed E-state index contributed by atoms with van der Waals surface area (Å²) in [5, 5.41) is 2.40. The van der Waals surface area contributed by atoms with Crippen LogP contribution in [0.5, 0.6) is 5.75 Å². The maximum atomic E-state index is 13.7. The van der Waals surface area contributed by atoms with Gasteiger partial charge in [-0.25, -0.2) is 5.01 Å². The van der Waals surface area contributed by atoms with Crippen LogP contribution >= 0.6 is 0 Å². The van der Waals surface area contributed by atoms with E-state index in [4.69, 9.17) is 4.74 Å². The Morgan fingerprint density at radius 1 is 1.23 bits per heavy atom. The number of hydrazine groups is 1. The van der Waals surface area contributed by atoms with Gasteiger partial charge in [-0.05, 0) is 29.0 Å². The van der Waals surface area contributed by atoms with Gasteiger partial charge in [0.1, 0.15) is 11.8 Å². The van der Waals surface area contributed by atoms with Crippen LogP contribution in [0, 0.1) is 5.92 Å². The first-order chi connectivity index (χ1) is 12.3. The number of hydrogen-bond acceptors (Lipinski definition) is 3. The summed E-state index contributed by atoms with van der Waals surface area (Å²) in [6.45, 7) is 4.62. The van der Waals surface area contributed by atoms with E-state index in [0.717, 1.165) is 10.4 Å². The first kappa shape index (κ1) is 18.5. The van der Waals surface area contributed by atoms with E-state index in [0.29, 0.717) is 23.7 Å². The fraction of sp³-hybridized carbons (Fsp3) is 0.421. The van der Waals surface area contributed by atoms with Crippen LogP contribution in [-0.4, -0.2) is 30.2 Å². The van der Waals surface area contributed by atoms with Crippen molar-refractivity contribution < 1.29 is 22.7 Å². The van der Waals surface area contributed by atoms with Crippen LogP contribution in [0.2, 0.25) is 0 Å². The number of halogens is 3. The van der Waals surface area contributed by atoms with Crippen LogP contribution in [0.1, 0.15) is 31.9 Å². The Kier molecular flexibility index (Phi) is 5.09. The molecule has 0 spiro atoms. The minimum Gasteiger partial charge on any atom is -0.493 e. The highest BCUT2D eigenvalue weighted by Crippen LogP contribution is 2.39. The maximum absolute atomic E-state index is 13.7. The highest BCUT2D eigenvalue weighted by atomic mass is 19.4. The fourth-order valence-corrected chi connectivity index (χ4v) is 3.06. The summed E-state index contributed by atoms with van der Waals surface area (Å²) in [5.74, 6) is 0.600. The minimum absolute atomic E-state index is 0.0264. The highest BCUT2D eigenvalue weighted by Gasteiger charge is 2.46. The molecule has 1 atom stereocenters. The highest BCUT2D eigenvalue weighted by molar-refractivity contribution is 5.89. The van der Waals surface area contributed by atoms with Crippen molar-refractivity contribution in [2.75, 3.05) is 13.2 Å². The zero-order valence-corrected chi connectivity index (χ0v) is 14.6. The van der Waals surface area contributed by atoms with Crippen molar-refractivity contribution in [2.24, 2.45) is 5.92 Å². The normalized spacial score (nSPS) is 16.9. The minimum atomic E-state index is -4.50. The van der Waals surface area contributed by atoms with Crippen LogP contribution in [0.25, 0.3) is 10.8 Å². The average molecular weight is 366 g/mol. The summed E-state index contributed by atoms with van der Waals surface area (Å²) < 4.78 is 46.7. The Labute approximate surface area is 149 Å². The first-order valence-corrected chi connectivity index (χ1v) is 8.54. The van der Waals surface area contributed by atoms with Gasteiger partial charge < -0.3 is 4.74 Å². The molecule has 2 aromatic rings. The van der Waals surface area contributed by atoms with Crippen molar-refractivity contribution in [3.05, 3.63) is 42.0 Å². The molecular weight excluding hydrogens is 345 g/mol. The molecule has 26 heavy (non-hydrogen) atoms. The Morgan fingerprint density at radius 3 is 2.62 bits per heavy atom. The van der Waals surface area contributed by atoms with Crippen molar-refractivity contribution in [2.45, 2.75) is 32.5 Å². The Bertz CT molecular complexity index is 805. The molecule has 4 nitrogen and oxygen atoms in total. The van der Waals surface area contributed by atoms with E-state index in [2.05, 4.69) is 5.43 Å². The molecule has 1 aliphatic rings. The van der Waals surface area contributed by atoms with Gasteiger partial charge in [0.25, 0.3) is 0 Å². The SMILES string of the molecule is CC(C)COc1cccc2cc(C(N3CCC(=O)N3)C(F)(F)F)ccc12. The molecule has 1 heterocycles. The van der Waals surface area contributed by atoms with Gasteiger partial charge in [-0.15, -0.1) is 0 Å². The lowest BCUT2D eigenvalue weighted by atomic mass is 10.0. The zero-order valence-electron chi connectivity index (χ0n) is 14.6. The number of ether oxygens (including phenoxy) is 1. The van der Waals surface area contributed by atoms with Gasteiger partial charge >= 0.3 is 6.18 Å². The number of alkyl halides is 3. The van der Waals surface area contributed by atoms with Crippen molar-refractivity contribution in [3.63, 3.8) is 0 Å². The van der Waals surface area contributed by atoms with Crippen LogP contribution < -0.4 is 10.2 Å². The molecule has 0 radical (unpaired) electrons. The van der Waals surface area contributed by atoms with E-state index in [9.17, 15) is 18.0 Å². The summed E-state index contributed by atoms with van der Waals surface area (Å²) in [4.78, 5) is 11.4. The lowest BCUT2D eigenvalue weighted by Gasteiger charge is -2.29. The van der Waals surface area contributed by atoms with Crippen LogP contribution in [0.4, 0.5) is 13.2 Å². The van der Waals surface area contributed by atoms with E-state index < -0.39 is 18.1 Å². The largest absolute Gasteiger partial charge is 0.493 e. The van der Waals surface area contributed by atoms with E-state index >= 15 is 0 Å². The quantitative estimate of drug-likeness (QED) is 0.862. The van der Waals surface area contributed by atoms with Crippen molar-refractivity contribution in [3.8, 4) is 5.75 Å². The number of amides is 1. The molecule has 1 saturated heterocycles. The monoisotopic (exact) mass is 366 g/mol. The van der Waals surface area contributed by atoms with Gasteiger partial charge in [0, 0.05) is 18.4 Å². The third-order valence-electron chi connectivity index (χ3n) is 4.22. The summed E-state index contributed by atoms with van der Waals surface area (Å²) >= 11 is 0. The second kappa shape index (κ2) is 7.15. The van der Waals surface area contributed by atoms with Crippen molar-refractivity contribution in [1.82, 2.24) is 10.4 Å². The second-order valence-electron chi connectivity index (χ2n) is 6.86. The van der Waals surface area contributed by atoms with Gasteiger partial charge in [0.2, 0.25) is 5.91 Å². The molecule has 1 amide bonds. The molecule has 1 N–H and O–H groups in total. The van der Waals surface area contributed by atoms with Crippen molar-refractivity contribution >= 4 is 16.7 Å². The van der Waals surface area contributed by atoms with Crippen LogP contribution in [0.3, 0.4) is 0 Å². The average Bonchev–Trinajstić information content (AvgIpc) is 2.97. The van der Waals surface area contributed by atoms with Gasteiger partial charge in [0.15, 0.2) is 0 Å². The number of fused-ring (bicyclic) bond motifs is 1. The second-order valence-corrected chi connectivity index (χ2v) is 6.86. The molecule has 1 unspecified atom stereocenters. The lowest BCUT2D eigenvalue weighted by Crippen LogP contribution is -2.43. The summed E-state index contributed by atoms with van der Waals surface area (Å²) in [6, 6.07) is 8.08. The maximum Gasteiger partial charge on any atom is 0.409 e. The Morgan fingerprint density at radius 2 is 2.00 bits per heavy atom. The number of nitrogens with zero attached hydrogens (tertiary/aromatic N) is 1. The number of carbonyl (C=O) groups excluding carboxylic acids is 1. The Balaban J connectivity index is 1.97. The molecule has 3 rings (SSSR count). The predicted molar refractivity (Wildman–Crippen MR) is 92.5 cm³/mol. The van der Waals surface area contributed by atoms with Crippen molar-refractivity contribution in [1.29, 1.82) is 0 Å². The molecule has 1 aliphatic heterocycles. The van der Waals surface area contributed by atoms with Gasteiger partial charge in [-0.1, -0.05) is 38.1 Å². The molecule has 0 aliphatic carbocycles. The Hall–Kier alpha value is -2.28. The summed E-state index contributed by atoms with van der Waals surface area (Å²) in [5.41, 5.74) is 2.39. The number of hydrogen-bond donors (Lipinski definition) is 1.